The van der Waals surface area contributed by atoms with Crippen molar-refractivity contribution in [3.63, 3.8) is 0 Å². The minimum atomic E-state index is -1.02. The Morgan fingerprint density at radius 2 is 2.00 bits per heavy atom. The van der Waals surface area contributed by atoms with E-state index >= 15 is 0 Å². The quantitative estimate of drug-likeness (QED) is 0.694. The van der Waals surface area contributed by atoms with Gasteiger partial charge in [-0.25, -0.2) is 4.39 Å². The molecule has 3 amide bonds. The average Bonchev–Trinajstić information content (AvgIpc) is 2.49. The normalized spacial score (nSPS) is 11.0. The Morgan fingerprint density at radius 1 is 1.32 bits per heavy atom. The molecule has 0 saturated carbocycles. The third kappa shape index (κ3) is 4.56. The topological polar surface area (TPSA) is 111 Å². The van der Waals surface area contributed by atoms with Crippen molar-refractivity contribution >= 4 is 23.4 Å². The van der Waals surface area contributed by atoms with E-state index in [1.807, 2.05) is 0 Å². The van der Waals surface area contributed by atoms with Gasteiger partial charge < -0.3 is 16.0 Å². The van der Waals surface area contributed by atoms with E-state index in [4.69, 9.17) is 5.26 Å². The lowest BCUT2D eigenvalue weighted by Gasteiger charge is -2.13. The Balaban J connectivity index is 2.67. The smallest absolute Gasteiger partial charge is 0.313 e. The van der Waals surface area contributed by atoms with Gasteiger partial charge in [-0.2, -0.15) is 5.26 Å². The average molecular weight is 306 g/mol. The molecule has 0 heterocycles. The zero-order valence-corrected chi connectivity index (χ0v) is 12.1. The largest absolute Gasteiger partial charge is 0.355 e. The second kappa shape index (κ2) is 7.73. The number of likely N-dealkylation sites (N-methyl/N-ethyl adjacent to an activating group) is 1. The molecular formula is C14H15FN4O3. The molecule has 22 heavy (non-hydrogen) atoms. The first-order chi connectivity index (χ1) is 10.4. The SMILES string of the molecule is CCNC(=O)[C@H](C)NC(=O)C(=O)Nc1ccc(F)c(C#N)c1. The highest BCUT2D eigenvalue weighted by Crippen LogP contribution is 2.13. The van der Waals surface area contributed by atoms with Crippen molar-refractivity contribution in [2.24, 2.45) is 0 Å². The lowest BCUT2D eigenvalue weighted by atomic mass is 10.2. The summed E-state index contributed by atoms with van der Waals surface area (Å²) in [6.45, 7) is 3.56. The minimum absolute atomic E-state index is 0.101. The molecule has 0 aromatic heterocycles. The Morgan fingerprint density at radius 3 is 2.59 bits per heavy atom. The molecule has 8 heteroatoms. The number of carbonyl (C=O) groups is 3. The molecule has 0 aliphatic carbocycles. The fourth-order valence-corrected chi connectivity index (χ4v) is 1.53. The molecule has 7 nitrogen and oxygen atoms in total. The van der Waals surface area contributed by atoms with Crippen LogP contribution in [0.4, 0.5) is 10.1 Å². The standard InChI is InChI=1S/C14H15FN4O3/c1-3-17-12(20)8(2)18-13(21)14(22)19-10-4-5-11(15)9(6-10)7-16/h4-6,8H,3H2,1-2H3,(H,17,20)(H,18,21)(H,19,22)/t8-/m0/s1. The lowest BCUT2D eigenvalue weighted by Crippen LogP contribution is -2.48. The molecule has 0 bridgehead atoms. The number of hydrogen-bond acceptors (Lipinski definition) is 4. The molecule has 116 valence electrons. The fraction of sp³-hybridized carbons (Fsp3) is 0.286. The van der Waals surface area contributed by atoms with Crippen molar-refractivity contribution in [3.8, 4) is 6.07 Å². The number of carbonyl (C=O) groups excluding carboxylic acids is 3. The number of halogens is 1. The predicted octanol–water partition coefficient (Wildman–Crippen LogP) is 0.277. The van der Waals surface area contributed by atoms with Gasteiger partial charge >= 0.3 is 11.8 Å². The van der Waals surface area contributed by atoms with Gasteiger partial charge in [-0.15, -0.1) is 0 Å². The van der Waals surface area contributed by atoms with Gasteiger partial charge in [0.15, 0.2) is 0 Å². The van der Waals surface area contributed by atoms with Crippen molar-refractivity contribution in [1.82, 2.24) is 10.6 Å². The van der Waals surface area contributed by atoms with Crippen LogP contribution in [0.1, 0.15) is 19.4 Å². The van der Waals surface area contributed by atoms with Gasteiger partial charge in [-0.1, -0.05) is 0 Å². The summed E-state index contributed by atoms with van der Waals surface area (Å²) in [5, 5.41) is 15.6. The number of anilines is 1. The van der Waals surface area contributed by atoms with E-state index in [-0.39, 0.29) is 11.3 Å². The first-order valence-corrected chi connectivity index (χ1v) is 6.48. The van der Waals surface area contributed by atoms with E-state index in [1.54, 1.807) is 13.0 Å². The van der Waals surface area contributed by atoms with Gasteiger partial charge in [-0.05, 0) is 32.0 Å². The molecule has 1 atom stereocenters. The van der Waals surface area contributed by atoms with Crippen molar-refractivity contribution in [2.75, 3.05) is 11.9 Å². The highest BCUT2D eigenvalue weighted by molar-refractivity contribution is 6.40. The number of rotatable bonds is 4. The van der Waals surface area contributed by atoms with Crippen LogP contribution in [0, 0.1) is 17.1 Å². The summed E-state index contributed by atoms with van der Waals surface area (Å²) < 4.78 is 13.1. The zero-order valence-electron chi connectivity index (χ0n) is 12.1. The van der Waals surface area contributed by atoms with Crippen LogP contribution in [-0.4, -0.2) is 30.3 Å². The summed E-state index contributed by atoms with van der Waals surface area (Å²) in [5.74, 6) is -3.18. The summed E-state index contributed by atoms with van der Waals surface area (Å²) in [7, 11) is 0. The van der Waals surface area contributed by atoms with Crippen LogP contribution in [0.15, 0.2) is 18.2 Å². The van der Waals surface area contributed by atoms with Gasteiger partial charge in [0.25, 0.3) is 0 Å². The second-order valence-corrected chi connectivity index (χ2v) is 4.35. The van der Waals surface area contributed by atoms with Crippen molar-refractivity contribution in [3.05, 3.63) is 29.6 Å². The molecule has 0 aliphatic rings. The fourth-order valence-electron chi connectivity index (χ4n) is 1.53. The maximum absolute atomic E-state index is 13.1. The maximum atomic E-state index is 13.1. The summed E-state index contributed by atoms with van der Waals surface area (Å²) in [6.07, 6.45) is 0. The Hall–Kier alpha value is -2.95. The second-order valence-electron chi connectivity index (χ2n) is 4.35. The predicted molar refractivity (Wildman–Crippen MR) is 76.0 cm³/mol. The van der Waals surface area contributed by atoms with Crippen molar-refractivity contribution in [2.45, 2.75) is 19.9 Å². The van der Waals surface area contributed by atoms with Crippen LogP contribution in [0.25, 0.3) is 0 Å². The number of amides is 3. The molecule has 0 unspecified atom stereocenters. The molecule has 0 aliphatic heterocycles. The summed E-state index contributed by atoms with van der Waals surface area (Å²) >= 11 is 0. The van der Waals surface area contributed by atoms with E-state index in [2.05, 4.69) is 16.0 Å². The maximum Gasteiger partial charge on any atom is 0.313 e. The summed E-state index contributed by atoms with van der Waals surface area (Å²) in [4.78, 5) is 34.8. The monoisotopic (exact) mass is 306 g/mol. The Bertz CT molecular complexity index is 639. The number of nitrogens with zero attached hydrogens (tertiary/aromatic N) is 1. The van der Waals surface area contributed by atoms with Crippen molar-refractivity contribution < 1.29 is 18.8 Å². The number of hydrogen-bond donors (Lipinski definition) is 3. The molecular weight excluding hydrogens is 291 g/mol. The molecule has 1 aromatic rings. The summed E-state index contributed by atoms with van der Waals surface area (Å²) in [5.41, 5.74) is -0.155. The molecule has 0 fully saturated rings. The van der Waals surface area contributed by atoms with Crippen LogP contribution in [0.3, 0.4) is 0 Å². The zero-order chi connectivity index (χ0) is 16.7. The minimum Gasteiger partial charge on any atom is -0.355 e. The summed E-state index contributed by atoms with van der Waals surface area (Å²) in [6, 6.07) is 4.07. The molecule has 1 rings (SSSR count). The highest BCUT2D eigenvalue weighted by Gasteiger charge is 2.20. The van der Waals surface area contributed by atoms with E-state index in [0.29, 0.717) is 6.54 Å². The molecule has 3 N–H and O–H groups in total. The number of nitrogens with one attached hydrogen (secondary N) is 3. The van der Waals surface area contributed by atoms with E-state index in [9.17, 15) is 18.8 Å². The van der Waals surface area contributed by atoms with E-state index in [1.165, 1.54) is 13.0 Å². The first kappa shape index (κ1) is 17.1. The molecule has 0 spiro atoms. The Kier molecular flexibility index (Phi) is 6.01. The van der Waals surface area contributed by atoms with Gasteiger partial charge in [0.05, 0.1) is 5.56 Å². The molecule has 0 radical (unpaired) electrons. The van der Waals surface area contributed by atoms with Gasteiger partial charge in [0, 0.05) is 12.2 Å². The first-order valence-electron chi connectivity index (χ1n) is 6.48. The lowest BCUT2D eigenvalue weighted by molar-refractivity contribution is -0.137. The van der Waals surface area contributed by atoms with Crippen LogP contribution < -0.4 is 16.0 Å². The van der Waals surface area contributed by atoms with Gasteiger partial charge in [-0.3, -0.25) is 14.4 Å². The number of benzene rings is 1. The van der Waals surface area contributed by atoms with Crippen LogP contribution >= 0.6 is 0 Å². The van der Waals surface area contributed by atoms with Gasteiger partial charge in [0.2, 0.25) is 5.91 Å². The molecule has 0 saturated heterocycles. The molecule has 1 aromatic carbocycles. The third-order valence-electron chi connectivity index (χ3n) is 2.64. The van der Waals surface area contributed by atoms with Gasteiger partial charge in [0.1, 0.15) is 17.9 Å². The third-order valence-corrected chi connectivity index (χ3v) is 2.64. The van der Waals surface area contributed by atoms with E-state index < -0.39 is 29.6 Å². The van der Waals surface area contributed by atoms with E-state index in [0.717, 1.165) is 12.1 Å². The van der Waals surface area contributed by atoms with Crippen LogP contribution in [0.5, 0.6) is 0 Å². The van der Waals surface area contributed by atoms with Crippen molar-refractivity contribution in [1.29, 1.82) is 5.26 Å². The Labute approximate surface area is 126 Å². The number of nitriles is 1. The van der Waals surface area contributed by atoms with Crippen LogP contribution in [0.2, 0.25) is 0 Å². The van der Waals surface area contributed by atoms with Crippen LogP contribution in [-0.2, 0) is 14.4 Å². The highest BCUT2D eigenvalue weighted by atomic mass is 19.1.